The number of carbonyl (C=O) groups is 2. The Labute approximate surface area is 131 Å². The molecule has 3 rings (SSSR count). The lowest BCUT2D eigenvalue weighted by atomic mass is 9.71. The van der Waals surface area contributed by atoms with Gasteiger partial charge in [0.05, 0.1) is 5.54 Å². The molecule has 1 spiro atoms. The summed E-state index contributed by atoms with van der Waals surface area (Å²) in [5, 5.41) is 9.93. The fourth-order valence-electron chi connectivity index (χ4n) is 4.41. The molecule has 0 bridgehead atoms. The molecular formula is C18H23NO3. The van der Waals surface area contributed by atoms with Gasteiger partial charge in [-0.1, -0.05) is 38.0 Å². The van der Waals surface area contributed by atoms with Gasteiger partial charge in [-0.25, -0.2) is 0 Å². The largest absolute Gasteiger partial charge is 0.481 e. The summed E-state index contributed by atoms with van der Waals surface area (Å²) in [6, 6.07) is 7.30. The third kappa shape index (κ3) is 1.97. The van der Waals surface area contributed by atoms with Gasteiger partial charge in [-0.3, -0.25) is 9.59 Å². The van der Waals surface area contributed by atoms with Gasteiger partial charge in [-0.2, -0.15) is 0 Å². The highest BCUT2D eigenvalue weighted by atomic mass is 16.4. The third-order valence-electron chi connectivity index (χ3n) is 5.49. The highest BCUT2D eigenvalue weighted by molar-refractivity contribution is 6.01. The minimum atomic E-state index is -0.810. The zero-order chi connectivity index (χ0) is 15.9. The van der Waals surface area contributed by atoms with Crippen molar-refractivity contribution in [2.75, 3.05) is 0 Å². The van der Waals surface area contributed by atoms with E-state index in [2.05, 4.69) is 6.92 Å². The van der Waals surface area contributed by atoms with Gasteiger partial charge in [0.25, 0.3) is 5.91 Å². The highest BCUT2D eigenvalue weighted by Crippen LogP contribution is 2.51. The van der Waals surface area contributed by atoms with Gasteiger partial charge in [0.1, 0.15) is 5.92 Å². The van der Waals surface area contributed by atoms with E-state index < -0.39 is 17.4 Å². The smallest absolute Gasteiger partial charge is 0.313 e. The second-order valence-corrected chi connectivity index (χ2v) is 6.60. The molecule has 22 heavy (non-hydrogen) atoms. The molecule has 1 N–H and O–H groups in total. The Kier molecular flexibility index (Phi) is 3.71. The van der Waals surface area contributed by atoms with Gasteiger partial charge in [0.2, 0.25) is 0 Å². The number of hydrogen-bond acceptors (Lipinski definition) is 2. The summed E-state index contributed by atoms with van der Waals surface area (Å²) in [6.07, 6.45) is 4.39. The predicted octanol–water partition coefficient (Wildman–Crippen LogP) is 3.42. The zero-order valence-electron chi connectivity index (χ0n) is 13.2. The van der Waals surface area contributed by atoms with E-state index in [0.717, 1.165) is 32.1 Å². The van der Waals surface area contributed by atoms with E-state index in [-0.39, 0.29) is 11.9 Å². The Morgan fingerprint density at radius 3 is 2.59 bits per heavy atom. The molecule has 1 amide bonds. The van der Waals surface area contributed by atoms with E-state index in [9.17, 15) is 14.7 Å². The lowest BCUT2D eigenvalue weighted by Crippen LogP contribution is -2.61. The molecule has 0 radical (unpaired) electrons. The Balaban J connectivity index is 2.24. The highest BCUT2D eigenvalue weighted by Gasteiger charge is 2.56. The van der Waals surface area contributed by atoms with E-state index >= 15 is 0 Å². The summed E-state index contributed by atoms with van der Waals surface area (Å²) in [5.41, 5.74) is 0.710. The standard InChI is InChI=1S/C18H23NO3/c1-3-12(2)19-16(20)14-9-5-4-8-13(14)15(17(21)22)18(19)10-6-7-11-18/h4-5,8-9,12,15H,3,6-7,10-11H2,1-2H3,(H,21,22)/t12-,15-/m1/s1. The van der Waals surface area contributed by atoms with Crippen molar-refractivity contribution >= 4 is 11.9 Å². The normalized spacial score (nSPS) is 24.4. The van der Waals surface area contributed by atoms with Crippen LogP contribution in [0.4, 0.5) is 0 Å². The van der Waals surface area contributed by atoms with Crippen molar-refractivity contribution in [3.8, 4) is 0 Å². The van der Waals surface area contributed by atoms with Gasteiger partial charge in [0.15, 0.2) is 0 Å². The monoisotopic (exact) mass is 301 g/mol. The molecule has 1 aliphatic carbocycles. The average molecular weight is 301 g/mol. The molecule has 0 saturated heterocycles. The van der Waals surface area contributed by atoms with Gasteiger partial charge < -0.3 is 10.0 Å². The maximum atomic E-state index is 13.1. The third-order valence-corrected chi connectivity index (χ3v) is 5.49. The lowest BCUT2D eigenvalue weighted by molar-refractivity contribution is -0.143. The summed E-state index contributed by atoms with van der Waals surface area (Å²) >= 11 is 0. The fraction of sp³-hybridized carbons (Fsp3) is 0.556. The summed E-state index contributed by atoms with van der Waals surface area (Å²) in [6.45, 7) is 4.09. The van der Waals surface area contributed by atoms with E-state index in [1.807, 2.05) is 30.0 Å². The van der Waals surface area contributed by atoms with Crippen LogP contribution < -0.4 is 0 Å². The molecule has 0 unspecified atom stereocenters. The van der Waals surface area contributed by atoms with Crippen LogP contribution >= 0.6 is 0 Å². The molecule has 1 fully saturated rings. The van der Waals surface area contributed by atoms with Crippen LogP contribution in [0, 0.1) is 0 Å². The van der Waals surface area contributed by atoms with Crippen LogP contribution in [0.25, 0.3) is 0 Å². The number of amides is 1. The minimum Gasteiger partial charge on any atom is -0.481 e. The molecule has 2 aliphatic rings. The molecule has 4 heteroatoms. The Hall–Kier alpha value is -1.84. The average Bonchev–Trinajstić information content (AvgIpc) is 2.96. The Morgan fingerprint density at radius 2 is 2.00 bits per heavy atom. The van der Waals surface area contributed by atoms with E-state index in [0.29, 0.717) is 11.1 Å². The molecule has 1 saturated carbocycles. The lowest BCUT2D eigenvalue weighted by Gasteiger charge is -2.51. The van der Waals surface area contributed by atoms with Crippen LogP contribution in [0.1, 0.15) is 67.8 Å². The van der Waals surface area contributed by atoms with Crippen LogP contribution in [-0.2, 0) is 4.79 Å². The number of aliphatic carboxylic acids is 1. The van der Waals surface area contributed by atoms with Crippen molar-refractivity contribution in [3.05, 3.63) is 35.4 Å². The van der Waals surface area contributed by atoms with Gasteiger partial charge in [-0.15, -0.1) is 0 Å². The second kappa shape index (κ2) is 5.41. The number of fused-ring (bicyclic) bond motifs is 1. The molecule has 1 aliphatic heterocycles. The first-order valence-corrected chi connectivity index (χ1v) is 8.18. The molecule has 118 valence electrons. The first kappa shape index (κ1) is 15.1. The number of rotatable bonds is 3. The molecule has 0 aromatic heterocycles. The molecule has 2 atom stereocenters. The maximum absolute atomic E-state index is 13.1. The van der Waals surface area contributed by atoms with Crippen molar-refractivity contribution in [1.82, 2.24) is 4.90 Å². The molecule has 1 aromatic rings. The summed E-state index contributed by atoms with van der Waals surface area (Å²) in [5.74, 6) is -1.42. The Morgan fingerprint density at radius 1 is 1.36 bits per heavy atom. The number of benzene rings is 1. The minimum absolute atomic E-state index is 0.00403. The molecule has 1 heterocycles. The van der Waals surface area contributed by atoms with Crippen molar-refractivity contribution < 1.29 is 14.7 Å². The van der Waals surface area contributed by atoms with Crippen LogP contribution in [0.5, 0.6) is 0 Å². The number of carboxylic acid groups (broad SMARTS) is 1. The van der Waals surface area contributed by atoms with Crippen LogP contribution in [0.2, 0.25) is 0 Å². The van der Waals surface area contributed by atoms with Crippen LogP contribution in [0.15, 0.2) is 24.3 Å². The molecule has 4 nitrogen and oxygen atoms in total. The quantitative estimate of drug-likeness (QED) is 0.930. The van der Waals surface area contributed by atoms with Crippen molar-refractivity contribution in [2.24, 2.45) is 0 Å². The summed E-state index contributed by atoms with van der Waals surface area (Å²) in [4.78, 5) is 27.1. The summed E-state index contributed by atoms with van der Waals surface area (Å²) in [7, 11) is 0. The topological polar surface area (TPSA) is 57.6 Å². The van der Waals surface area contributed by atoms with Gasteiger partial charge in [0, 0.05) is 11.6 Å². The summed E-state index contributed by atoms with van der Waals surface area (Å²) < 4.78 is 0. The number of carbonyl (C=O) groups excluding carboxylic acids is 1. The van der Waals surface area contributed by atoms with E-state index in [1.54, 1.807) is 6.07 Å². The number of carboxylic acids is 1. The molecule has 1 aromatic carbocycles. The van der Waals surface area contributed by atoms with Gasteiger partial charge in [-0.05, 0) is 37.8 Å². The molecular weight excluding hydrogens is 278 g/mol. The van der Waals surface area contributed by atoms with Crippen molar-refractivity contribution in [3.63, 3.8) is 0 Å². The number of nitrogens with zero attached hydrogens (tertiary/aromatic N) is 1. The SMILES string of the molecule is CC[C@@H](C)N1C(=O)c2ccccc2[C@H](C(=O)O)C12CCCC2. The first-order chi connectivity index (χ1) is 10.5. The van der Waals surface area contributed by atoms with Crippen LogP contribution in [-0.4, -0.2) is 33.5 Å². The van der Waals surface area contributed by atoms with Crippen LogP contribution in [0.3, 0.4) is 0 Å². The second-order valence-electron chi connectivity index (χ2n) is 6.60. The Bertz CT molecular complexity index is 604. The maximum Gasteiger partial charge on any atom is 0.313 e. The van der Waals surface area contributed by atoms with Crippen molar-refractivity contribution in [2.45, 2.75) is 63.5 Å². The van der Waals surface area contributed by atoms with E-state index in [1.165, 1.54) is 0 Å². The first-order valence-electron chi connectivity index (χ1n) is 8.18. The zero-order valence-corrected chi connectivity index (χ0v) is 13.2. The predicted molar refractivity (Wildman–Crippen MR) is 83.9 cm³/mol. The fourth-order valence-corrected chi connectivity index (χ4v) is 4.41. The van der Waals surface area contributed by atoms with Gasteiger partial charge >= 0.3 is 5.97 Å². The van der Waals surface area contributed by atoms with Crippen molar-refractivity contribution in [1.29, 1.82) is 0 Å². The van der Waals surface area contributed by atoms with E-state index in [4.69, 9.17) is 0 Å². The number of hydrogen-bond donors (Lipinski definition) is 1.